The number of carbonyl (C=O) groups excluding carboxylic acids is 1. The van der Waals surface area contributed by atoms with Crippen molar-refractivity contribution in [3.63, 3.8) is 0 Å². The smallest absolute Gasteiger partial charge is 0.356 e. The molecule has 42 heavy (non-hydrogen) atoms. The lowest BCUT2D eigenvalue weighted by molar-refractivity contribution is 0.0689. The van der Waals surface area contributed by atoms with E-state index in [1.807, 2.05) is 0 Å². The fraction of sp³-hybridized carbons (Fsp3) is 0.207. The van der Waals surface area contributed by atoms with Gasteiger partial charge >= 0.3 is 5.97 Å². The van der Waals surface area contributed by atoms with Gasteiger partial charge in [-0.15, -0.1) is 0 Å². The summed E-state index contributed by atoms with van der Waals surface area (Å²) in [6.45, 7) is 2.24. The van der Waals surface area contributed by atoms with Crippen molar-refractivity contribution >= 4 is 27.6 Å². The lowest BCUT2D eigenvalue weighted by Gasteiger charge is -2.27. The average Bonchev–Trinajstić information content (AvgIpc) is 3.34. The second-order valence-electron chi connectivity index (χ2n) is 9.27. The number of ether oxygens (including phenoxy) is 3. The number of carbonyl (C=O) groups is 2. The molecule has 0 bridgehead atoms. The lowest BCUT2D eigenvalue weighted by Crippen LogP contribution is -2.40. The van der Waals surface area contributed by atoms with Crippen molar-refractivity contribution in [3.8, 4) is 23.1 Å². The molecule has 1 amide bonds. The van der Waals surface area contributed by atoms with Gasteiger partial charge in [0.25, 0.3) is 5.91 Å². The molecule has 0 aliphatic carbocycles. The minimum Gasteiger partial charge on any atom is -0.496 e. The zero-order valence-corrected chi connectivity index (χ0v) is 23.6. The molecule has 0 unspecified atom stereocenters. The number of nitrogens with zero attached hydrogens (tertiary/aromatic N) is 3. The third kappa shape index (κ3) is 5.70. The summed E-state index contributed by atoms with van der Waals surface area (Å²) in [4.78, 5) is 24.8. The van der Waals surface area contributed by atoms with Gasteiger partial charge in [0.2, 0.25) is 15.9 Å². The van der Waals surface area contributed by atoms with Crippen LogP contribution in [-0.2, 0) is 14.8 Å². The molecular weight excluding hydrogens is 564 g/mol. The standard InChI is InChI=1S/C29H28N4O8S/c1-19-26(29(35)36)31-33(21-8-4-3-5-9-21)28(19)41-24-13-12-20(30-27(34)22-10-6-7-11-23(22)39-2)18-25(24)42(37,38)32-14-16-40-17-15-32/h3-13,18H,14-17H2,1-2H3,(H,30,34)(H,35,36). The highest BCUT2D eigenvalue weighted by Crippen LogP contribution is 2.37. The maximum Gasteiger partial charge on any atom is 0.356 e. The van der Waals surface area contributed by atoms with Gasteiger partial charge in [0.1, 0.15) is 16.4 Å². The van der Waals surface area contributed by atoms with E-state index in [-0.39, 0.29) is 65.3 Å². The van der Waals surface area contributed by atoms with E-state index in [9.17, 15) is 23.1 Å². The summed E-state index contributed by atoms with van der Waals surface area (Å²) >= 11 is 0. The molecule has 0 saturated carbocycles. The maximum absolute atomic E-state index is 13.9. The van der Waals surface area contributed by atoms with E-state index < -0.39 is 21.9 Å². The van der Waals surface area contributed by atoms with E-state index in [2.05, 4.69) is 10.4 Å². The Bertz CT molecular complexity index is 1730. The van der Waals surface area contributed by atoms with Crippen molar-refractivity contribution in [3.05, 3.63) is 89.6 Å². The van der Waals surface area contributed by atoms with Gasteiger partial charge in [0.05, 0.1) is 31.6 Å². The molecule has 1 aromatic heterocycles. The first-order valence-corrected chi connectivity index (χ1v) is 14.4. The van der Waals surface area contributed by atoms with Crippen LogP contribution in [0.5, 0.6) is 17.4 Å². The zero-order valence-electron chi connectivity index (χ0n) is 22.8. The molecule has 0 atom stereocenters. The Labute approximate surface area is 242 Å². The first kappa shape index (κ1) is 28.8. The molecule has 13 heteroatoms. The predicted octanol–water partition coefficient (Wildman–Crippen LogP) is 3.95. The molecule has 0 spiro atoms. The second kappa shape index (κ2) is 12.0. The molecule has 218 valence electrons. The van der Waals surface area contributed by atoms with E-state index in [4.69, 9.17) is 14.2 Å². The molecule has 4 aromatic rings. The molecule has 1 saturated heterocycles. The minimum atomic E-state index is -4.14. The Morgan fingerprint density at radius 3 is 2.36 bits per heavy atom. The van der Waals surface area contributed by atoms with Crippen LogP contribution in [0.1, 0.15) is 26.4 Å². The number of morpholine rings is 1. The van der Waals surface area contributed by atoms with Gasteiger partial charge < -0.3 is 24.6 Å². The largest absolute Gasteiger partial charge is 0.496 e. The number of para-hydroxylation sites is 2. The van der Waals surface area contributed by atoms with E-state index >= 15 is 0 Å². The number of nitrogens with one attached hydrogen (secondary N) is 1. The quantitative estimate of drug-likeness (QED) is 0.295. The summed E-state index contributed by atoms with van der Waals surface area (Å²) in [5, 5.41) is 16.7. The van der Waals surface area contributed by atoms with Crippen molar-refractivity contribution in [1.29, 1.82) is 0 Å². The zero-order chi connectivity index (χ0) is 29.9. The summed E-state index contributed by atoms with van der Waals surface area (Å²) < 4.78 is 47.2. The molecular formula is C29H28N4O8S. The molecule has 1 aliphatic rings. The molecule has 2 N–H and O–H groups in total. The number of sulfonamides is 1. The van der Waals surface area contributed by atoms with Crippen LogP contribution in [-0.4, -0.2) is 72.9 Å². The molecule has 12 nitrogen and oxygen atoms in total. The third-order valence-corrected chi connectivity index (χ3v) is 8.54. The number of benzene rings is 3. The topological polar surface area (TPSA) is 149 Å². The Morgan fingerprint density at radius 2 is 1.67 bits per heavy atom. The highest BCUT2D eigenvalue weighted by molar-refractivity contribution is 7.89. The van der Waals surface area contributed by atoms with Crippen molar-refractivity contribution in [1.82, 2.24) is 14.1 Å². The number of hydrogen-bond acceptors (Lipinski definition) is 8. The first-order valence-electron chi connectivity index (χ1n) is 12.9. The van der Waals surface area contributed by atoms with Gasteiger partial charge in [0, 0.05) is 24.3 Å². The number of carboxylic acids is 1. The molecule has 0 radical (unpaired) electrons. The Balaban J connectivity index is 1.59. The van der Waals surface area contributed by atoms with E-state index in [1.54, 1.807) is 54.6 Å². The van der Waals surface area contributed by atoms with Crippen molar-refractivity contribution in [2.75, 3.05) is 38.7 Å². The number of carboxylic acid groups (broad SMARTS) is 1. The Kier molecular flexibility index (Phi) is 8.24. The number of rotatable bonds is 9. The normalized spacial score (nSPS) is 13.9. The Hall–Kier alpha value is -4.72. The van der Waals surface area contributed by atoms with Crippen LogP contribution in [0.15, 0.2) is 77.7 Å². The third-order valence-electron chi connectivity index (χ3n) is 6.62. The second-order valence-corrected chi connectivity index (χ2v) is 11.2. The fourth-order valence-electron chi connectivity index (χ4n) is 4.48. The van der Waals surface area contributed by atoms with E-state index in [1.165, 1.54) is 41.2 Å². The SMILES string of the molecule is COc1ccccc1C(=O)Nc1ccc(Oc2c(C)c(C(=O)O)nn2-c2ccccc2)c(S(=O)(=O)N2CCOCC2)c1. The summed E-state index contributed by atoms with van der Waals surface area (Å²) in [5.74, 6) is -1.45. The summed E-state index contributed by atoms with van der Waals surface area (Å²) in [5.41, 5.74) is 0.939. The number of amides is 1. The summed E-state index contributed by atoms with van der Waals surface area (Å²) in [6.07, 6.45) is 0. The van der Waals surface area contributed by atoms with Crippen LogP contribution in [0, 0.1) is 6.92 Å². The van der Waals surface area contributed by atoms with E-state index in [0.717, 1.165) is 0 Å². The van der Waals surface area contributed by atoms with Gasteiger partial charge in [-0.05, 0) is 49.4 Å². The summed E-state index contributed by atoms with van der Waals surface area (Å²) in [6, 6.07) is 19.6. The maximum atomic E-state index is 13.9. The lowest BCUT2D eigenvalue weighted by atomic mass is 10.2. The van der Waals surface area contributed by atoms with E-state index in [0.29, 0.717) is 11.4 Å². The Morgan fingerprint density at radius 1 is 0.976 bits per heavy atom. The molecule has 5 rings (SSSR count). The van der Waals surface area contributed by atoms with Crippen molar-refractivity contribution in [2.45, 2.75) is 11.8 Å². The molecule has 1 aliphatic heterocycles. The number of aromatic carboxylic acids is 1. The highest BCUT2D eigenvalue weighted by Gasteiger charge is 2.32. The molecule has 3 aromatic carbocycles. The summed E-state index contributed by atoms with van der Waals surface area (Å²) in [7, 11) is -2.69. The highest BCUT2D eigenvalue weighted by atomic mass is 32.2. The average molecular weight is 593 g/mol. The van der Waals surface area contributed by atoms with Gasteiger partial charge in [-0.1, -0.05) is 30.3 Å². The van der Waals surface area contributed by atoms with Crippen LogP contribution in [0.3, 0.4) is 0 Å². The monoisotopic (exact) mass is 592 g/mol. The van der Waals surface area contributed by atoms with Gasteiger partial charge in [-0.25, -0.2) is 13.2 Å². The van der Waals surface area contributed by atoms with Crippen LogP contribution >= 0.6 is 0 Å². The predicted molar refractivity (Wildman–Crippen MR) is 152 cm³/mol. The number of hydrogen-bond donors (Lipinski definition) is 2. The van der Waals surface area contributed by atoms with Crippen LogP contribution < -0.4 is 14.8 Å². The first-order chi connectivity index (χ1) is 20.2. The van der Waals surface area contributed by atoms with Gasteiger partial charge in [-0.3, -0.25) is 4.79 Å². The van der Waals surface area contributed by atoms with Gasteiger partial charge in [0.15, 0.2) is 5.69 Å². The fourth-order valence-corrected chi connectivity index (χ4v) is 6.03. The van der Waals surface area contributed by atoms with Crippen LogP contribution in [0.2, 0.25) is 0 Å². The molecule has 2 heterocycles. The van der Waals surface area contributed by atoms with Crippen molar-refractivity contribution in [2.24, 2.45) is 0 Å². The van der Waals surface area contributed by atoms with Gasteiger partial charge in [-0.2, -0.15) is 14.1 Å². The number of methoxy groups -OCH3 is 1. The number of anilines is 1. The minimum absolute atomic E-state index is 0.0304. The van der Waals surface area contributed by atoms with Crippen molar-refractivity contribution < 1.29 is 37.3 Å². The molecule has 1 fully saturated rings. The number of aromatic nitrogens is 2. The van der Waals surface area contributed by atoms with Crippen LogP contribution in [0.25, 0.3) is 5.69 Å². The van der Waals surface area contributed by atoms with Crippen LogP contribution in [0.4, 0.5) is 5.69 Å².